The topological polar surface area (TPSA) is 73.6 Å². The number of hydrogen-bond acceptors (Lipinski definition) is 5. The second-order valence-electron chi connectivity index (χ2n) is 6.46. The van der Waals surface area contributed by atoms with Crippen LogP contribution < -0.4 is 14.8 Å². The zero-order valence-electron chi connectivity index (χ0n) is 16.4. The van der Waals surface area contributed by atoms with Gasteiger partial charge in [0.1, 0.15) is 17.0 Å². The molecule has 0 saturated heterocycles. The maximum atomic E-state index is 12.6. The number of halogens is 1. The number of oxazole rings is 1. The number of methoxy groups -OCH3 is 1. The van der Waals surface area contributed by atoms with Crippen molar-refractivity contribution in [3.05, 3.63) is 70.7 Å². The summed E-state index contributed by atoms with van der Waals surface area (Å²) in [7, 11) is 1.58. The quantitative estimate of drug-likeness (QED) is 0.381. The average molecular weight is 467 g/mol. The van der Waals surface area contributed by atoms with E-state index in [0.717, 1.165) is 11.3 Å². The van der Waals surface area contributed by atoms with Gasteiger partial charge in [-0.3, -0.25) is 4.79 Å². The number of nitrogens with one attached hydrogen (secondary N) is 1. The number of carbonyl (C=O) groups excluding carboxylic acids is 1. The van der Waals surface area contributed by atoms with Crippen LogP contribution in [0.15, 0.2) is 69.6 Å². The van der Waals surface area contributed by atoms with Crippen molar-refractivity contribution in [2.45, 2.75) is 6.92 Å². The van der Waals surface area contributed by atoms with Crippen LogP contribution in [-0.2, 0) is 0 Å². The molecule has 0 fully saturated rings. The Morgan fingerprint density at radius 1 is 1.10 bits per heavy atom. The van der Waals surface area contributed by atoms with Crippen molar-refractivity contribution in [3.8, 4) is 23.0 Å². The smallest absolute Gasteiger partial charge is 0.255 e. The van der Waals surface area contributed by atoms with Crippen molar-refractivity contribution in [3.63, 3.8) is 0 Å². The van der Waals surface area contributed by atoms with Crippen molar-refractivity contribution in [2.24, 2.45) is 0 Å². The Kier molecular flexibility index (Phi) is 5.72. The molecule has 152 valence electrons. The van der Waals surface area contributed by atoms with Crippen molar-refractivity contribution in [1.29, 1.82) is 0 Å². The van der Waals surface area contributed by atoms with Gasteiger partial charge < -0.3 is 19.2 Å². The number of fused-ring (bicyclic) bond motifs is 1. The second-order valence-corrected chi connectivity index (χ2v) is 7.32. The molecular formula is C23H19BrN2O4. The number of rotatable bonds is 6. The van der Waals surface area contributed by atoms with E-state index in [4.69, 9.17) is 13.9 Å². The van der Waals surface area contributed by atoms with E-state index < -0.39 is 0 Å². The van der Waals surface area contributed by atoms with Gasteiger partial charge in [-0.2, -0.15) is 0 Å². The molecule has 1 heterocycles. The minimum absolute atomic E-state index is 0.229. The van der Waals surface area contributed by atoms with Crippen LogP contribution in [0, 0.1) is 0 Å². The molecule has 4 rings (SSSR count). The van der Waals surface area contributed by atoms with E-state index in [9.17, 15) is 4.79 Å². The van der Waals surface area contributed by atoms with Crippen LogP contribution in [0.2, 0.25) is 0 Å². The number of carbonyl (C=O) groups is 1. The Labute approximate surface area is 182 Å². The second kappa shape index (κ2) is 8.59. The predicted octanol–water partition coefficient (Wildman–Crippen LogP) is 5.92. The summed E-state index contributed by atoms with van der Waals surface area (Å²) >= 11 is 3.40. The number of aromatic nitrogens is 1. The number of hydrogen-bond donors (Lipinski definition) is 1. The van der Waals surface area contributed by atoms with Crippen LogP contribution in [-0.4, -0.2) is 24.6 Å². The number of ether oxygens (including phenoxy) is 2. The Bertz CT molecular complexity index is 1200. The minimum Gasteiger partial charge on any atom is -0.496 e. The molecule has 0 saturated carbocycles. The Balaban J connectivity index is 1.55. The lowest BCUT2D eigenvalue weighted by Crippen LogP contribution is -2.11. The first kappa shape index (κ1) is 20.0. The fourth-order valence-corrected chi connectivity index (χ4v) is 3.54. The Morgan fingerprint density at radius 3 is 2.60 bits per heavy atom. The van der Waals surface area contributed by atoms with Gasteiger partial charge in [0.2, 0.25) is 5.89 Å². The SMILES string of the molecule is CCOc1ccc(-c2nc3cc(NC(=O)c4ccc(OC)c(Br)c4)ccc3o2)cc1. The normalized spacial score (nSPS) is 10.8. The molecule has 4 aromatic rings. The highest BCUT2D eigenvalue weighted by Gasteiger charge is 2.12. The molecular weight excluding hydrogens is 448 g/mol. The van der Waals surface area contributed by atoms with Crippen LogP contribution >= 0.6 is 15.9 Å². The van der Waals surface area contributed by atoms with Crippen molar-refractivity contribution >= 4 is 38.6 Å². The van der Waals surface area contributed by atoms with Gasteiger partial charge in [-0.1, -0.05) is 0 Å². The van der Waals surface area contributed by atoms with E-state index in [1.54, 1.807) is 43.5 Å². The van der Waals surface area contributed by atoms with Gasteiger partial charge in [-0.25, -0.2) is 4.98 Å². The summed E-state index contributed by atoms with van der Waals surface area (Å²) < 4.78 is 17.2. The number of amides is 1. The van der Waals surface area contributed by atoms with Gasteiger partial charge in [-0.15, -0.1) is 0 Å². The van der Waals surface area contributed by atoms with Crippen LogP contribution in [0.3, 0.4) is 0 Å². The number of anilines is 1. The lowest BCUT2D eigenvalue weighted by molar-refractivity contribution is 0.102. The summed E-state index contributed by atoms with van der Waals surface area (Å²) in [6, 6.07) is 18.1. The molecule has 7 heteroatoms. The van der Waals surface area contributed by atoms with Crippen LogP contribution in [0.5, 0.6) is 11.5 Å². The lowest BCUT2D eigenvalue weighted by Gasteiger charge is -2.07. The summed E-state index contributed by atoms with van der Waals surface area (Å²) in [5, 5.41) is 2.89. The maximum Gasteiger partial charge on any atom is 0.255 e. The van der Waals surface area contributed by atoms with Crippen LogP contribution in [0.4, 0.5) is 5.69 Å². The summed E-state index contributed by atoms with van der Waals surface area (Å²) in [5.41, 5.74) is 3.30. The van der Waals surface area contributed by atoms with E-state index in [0.29, 0.717) is 45.1 Å². The van der Waals surface area contributed by atoms with Gasteiger partial charge in [0, 0.05) is 16.8 Å². The molecule has 0 aliphatic rings. The summed E-state index contributed by atoms with van der Waals surface area (Å²) in [4.78, 5) is 17.1. The van der Waals surface area contributed by atoms with Crippen LogP contribution in [0.25, 0.3) is 22.6 Å². The average Bonchev–Trinajstić information content (AvgIpc) is 3.18. The molecule has 0 aliphatic carbocycles. The first-order valence-corrected chi connectivity index (χ1v) is 10.2. The lowest BCUT2D eigenvalue weighted by atomic mass is 10.2. The monoisotopic (exact) mass is 466 g/mol. The van der Waals surface area contributed by atoms with E-state index in [1.165, 1.54) is 0 Å². The number of benzene rings is 3. The van der Waals surface area contributed by atoms with Crippen molar-refractivity contribution in [1.82, 2.24) is 4.98 Å². The van der Waals surface area contributed by atoms with E-state index in [1.807, 2.05) is 31.2 Å². The minimum atomic E-state index is -0.229. The van der Waals surface area contributed by atoms with E-state index in [-0.39, 0.29) is 5.91 Å². The summed E-state index contributed by atoms with van der Waals surface area (Å²) in [6.07, 6.45) is 0. The third kappa shape index (κ3) is 4.16. The molecule has 1 aromatic heterocycles. The molecule has 1 amide bonds. The van der Waals surface area contributed by atoms with Gasteiger partial charge in [0.05, 0.1) is 18.2 Å². The predicted molar refractivity (Wildman–Crippen MR) is 119 cm³/mol. The molecule has 1 N–H and O–H groups in total. The van der Waals surface area contributed by atoms with E-state index >= 15 is 0 Å². The largest absolute Gasteiger partial charge is 0.496 e. The standard InChI is InChI=1S/C23H19BrN2O4/c1-3-29-17-8-4-14(5-9-17)23-26-19-13-16(7-11-21(19)30-23)25-22(27)15-6-10-20(28-2)18(24)12-15/h4-13H,3H2,1-2H3,(H,25,27). The molecule has 0 aliphatic heterocycles. The molecule has 0 spiro atoms. The maximum absolute atomic E-state index is 12.6. The Morgan fingerprint density at radius 2 is 1.90 bits per heavy atom. The fraction of sp³-hybridized carbons (Fsp3) is 0.130. The molecule has 0 bridgehead atoms. The zero-order chi connectivity index (χ0) is 21.1. The first-order valence-electron chi connectivity index (χ1n) is 9.36. The van der Waals surface area contributed by atoms with Gasteiger partial charge in [-0.05, 0) is 83.5 Å². The molecule has 0 atom stereocenters. The summed E-state index contributed by atoms with van der Waals surface area (Å²) in [5.74, 6) is 1.74. The highest BCUT2D eigenvalue weighted by Crippen LogP contribution is 2.29. The van der Waals surface area contributed by atoms with Gasteiger partial charge in [0.25, 0.3) is 5.91 Å². The van der Waals surface area contributed by atoms with Gasteiger partial charge in [0.15, 0.2) is 5.58 Å². The Hall–Kier alpha value is -3.32. The highest BCUT2D eigenvalue weighted by molar-refractivity contribution is 9.10. The van der Waals surface area contributed by atoms with Gasteiger partial charge >= 0.3 is 0 Å². The van der Waals surface area contributed by atoms with Crippen molar-refractivity contribution < 1.29 is 18.7 Å². The van der Waals surface area contributed by atoms with Crippen molar-refractivity contribution in [2.75, 3.05) is 19.0 Å². The zero-order valence-corrected chi connectivity index (χ0v) is 18.0. The van der Waals surface area contributed by atoms with Crippen LogP contribution in [0.1, 0.15) is 17.3 Å². The molecule has 6 nitrogen and oxygen atoms in total. The first-order chi connectivity index (χ1) is 14.6. The number of nitrogens with zero attached hydrogens (tertiary/aromatic N) is 1. The molecule has 0 unspecified atom stereocenters. The fourth-order valence-electron chi connectivity index (χ4n) is 3.00. The molecule has 0 radical (unpaired) electrons. The third-order valence-corrected chi connectivity index (χ3v) is 5.09. The third-order valence-electron chi connectivity index (χ3n) is 4.47. The van der Waals surface area contributed by atoms with E-state index in [2.05, 4.69) is 26.2 Å². The highest BCUT2D eigenvalue weighted by atomic mass is 79.9. The summed E-state index contributed by atoms with van der Waals surface area (Å²) in [6.45, 7) is 2.56. The molecule has 3 aromatic carbocycles. The molecule has 30 heavy (non-hydrogen) atoms.